The van der Waals surface area contributed by atoms with E-state index in [0.29, 0.717) is 6.61 Å². The molecule has 4 heteroatoms. The minimum atomic E-state index is -0.00882. The van der Waals surface area contributed by atoms with E-state index in [0.717, 1.165) is 17.1 Å². The molecule has 0 fully saturated rings. The summed E-state index contributed by atoms with van der Waals surface area (Å²) < 4.78 is 5.85. The van der Waals surface area contributed by atoms with Gasteiger partial charge in [-0.3, -0.25) is 9.98 Å². The number of rotatable bonds is 5. The summed E-state index contributed by atoms with van der Waals surface area (Å²) in [5, 5.41) is 3.52. The van der Waals surface area contributed by atoms with Crippen LogP contribution < -0.4 is 10.1 Å². The van der Waals surface area contributed by atoms with Crippen LogP contribution in [0.25, 0.3) is 0 Å². The van der Waals surface area contributed by atoms with Gasteiger partial charge in [-0.2, -0.15) is 0 Å². The van der Waals surface area contributed by atoms with Crippen LogP contribution in [-0.2, 0) is 0 Å². The number of amidine groups is 1. The molecule has 3 aromatic rings. The summed E-state index contributed by atoms with van der Waals surface area (Å²) in [6.45, 7) is 0.421. The maximum Gasteiger partial charge on any atom is 0.145 e. The number of hydrogen-bond acceptors (Lipinski definition) is 4. The molecule has 1 aliphatic heterocycles. The van der Waals surface area contributed by atoms with E-state index in [-0.39, 0.29) is 12.1 Å². The Labute approximate surface area is 147 Å². The molecule has 0 aliphatic carbocycles. The summed E-state index contributed by atoms with van der Waals surface area (Å²) in [6, 6.07) is 24.3. The SMILES string of the molecule is c1ccc(OCC2=NC(c3cccnc3)C(c3ccccc3)N2)cc1. The van der Waals surface area contributed by atoms with E-state index in [1.165, 1.54) is 5.56 Å². The van der Waals surface area contributed by atoms with Gasteiger partial charge in [-0.15, -0.1) is 0 Å². The van der Waals surface area contributed by atoms with Gasteiger partial charge in [0.05, 0.1) is 6.04 Å². The highest BCUT2D eigenvalue weighted by atomic mass is 16.5. The summed E-state index contributed by atoms with van der Waals surface area (Å²) in [4.78, 5) is 9.12. The van der Waals surface area contributed by atoms with E-state index in [1.807, 2.05) is 48.7 Å². The minimum absolute atomic E-state index is 0.00882. The molecule has 1 aliphatic rings. The summed E-state index contributed by atoms with van der Waals surface area (Å²) >= 11 is 0. The molecule has 2 unspecified atom stereocenters. The third-order valence-corrected chi connectivity index (χ3v) is 4.24. The lowest BCUT2D eigenvalue weighted by Gasteiger charge is -2.19. The highest BCUT2D eigenvalue weighted by Gasteiger charge is 2.31. The van der Waals surface area contributed by atoms with Crippen molar-refractivity contribution in [3.8, 4) is 5.75 Å². The van der Waals surface area contributed by atoms with Gasteiger partial charge in [0.1, 0.15) is 24.2 Å². The molecule has 2 heterocycles. The predicted molar refractivity (Wildman–Crippen MR) is 98.7 cm³/mol. The number of para-hydroxylation sites is 1. The molecule has 1 N–H and O–H groups in total. The second-order valence-electron chi connectivity index (χ2n) is 5.94. The summed E-state index contributed by atoms with van der Waals surface area (Å²) in [5.41, 5.74) is 2.30. The predicted octanol–water partition coefficient (Wildman–Crippen LogP) is 3.94. The van der Waals surface area contributed by atoms with E-state index in [4.69, 9.17) is 9.73 Å². The molecule has 124 valence electrons. The summed E-state index contributed by atoms with van der Waals surface area (Å²) in [5.74, 6) is 1.69. The zero-order valence-electron chi connectivity index (χ0n) is 13.7. The average molecular weight is 329 g/mol. The van der Waals surface area contributed by atoms with Crippen molar-refractivity contribution in [3.63, 3.8) is 0 Å². The first-order chi connectivity index (χ1) is 12.4. The first-order valence-electron chi connectivity index (χ1n) is 8.36. The Kier molecular flexibility index (Phi) is 4.42. The number of aromatic nitrogens is 1. The second kappa shape index (κ2) is 7.18. The molecule has 0 radical (unpaired) electrons. The lowest BCUT2D eigenvalue weighted by Crippen LogP contribution is -2.28. The number of nitrogens with one attached hydrogen (secondary N) is 1. The molecule has 25 heavy (non-hydrogen) atoms. The van der Waals surface area contributed by atoms with Gasteiger partial charge in [0, 0.05) is 12.4 Å². The van der Waals surface area contributed by atoms with Gasteiger partial charge >= 0.3 is 0 Å². The summed E-state index contributed by atoms with van der Waals surface area (Å²) in [6.07, 6.45) is 3.67. The Morgan fingerprint density at radius 1 is 0.840 bits per heavy atom. The van der Waals surface area contributed by atoms with Crippen molar-refractivity contribution in [2.45, 2.75) is 12.1 Å². The Balaban J connectivity index is 1.57. The fourth-order valence-electron chi connectivity index (χ4n) is 3.03. The molecule has 0 saturated carbocycles. The number of benzene rings is 2. The Morgan fingerprint density at radius 2 is 1.56 bits per heavy atom. The van der Waals surface area contributed by atoms with E-state index >= 15 is 0 Å². The van der Waals surface area contributed by atoms with Crippen molar-refractivity contribution in [1.29, 1.82) is 0 Å². The van der Waals surface area contributed by atoms with Gasteiger partial charge in [0.25, 0.3) is 0 Å². The van der Waals surface area contributed by atoms with Crippen LogP contribution in [0.15, 0.2) is 90.2 Å². The smallest absolute Gasteiger partial charge is 0.145 e. The van der Waals surface area contributed by atoms with Crippen LogP contribution in [0, 0.1) is 0 Å². The van der Waals surface area contributed by atoms with Crippen LogP contribution in [0.1, 0.15) is 23.2 Å². The van der Waals surface area contributed by atoms with Crippen molar-refractivity contribution in [2.75, 3.05) is 6.61 Å². The highest BCUT2D eigenvalue weighted by Crippen LogP contribution is 2.35. The monoisotopic (exact) mass is 329 g/mol. The third kappa shape index (κ3) is 3.53. The van der Waals surface area contributed by atoms with Gasteiger partial charge in [0.2, 0.25) is 0 Å². The fourth-order valence-corrected chi connectivity index (χ4v) is 3.03. The molecule has 1 aromatic heterocycles. The third-order valence-electron chi connectivity index (χ3n) is 4.24. The first-order valence-corrected chi connectivity index (χ1v) is 8.36. The van der Waals surface area contributed by atoms with Crippen molar-refractivity contribution in [1.82, 2.24) is 10.3 Å². The van der Waals surface area contributed by atoms with Crippen LogP contribution >= 0.6 is 0 Å². The molecule has 0 saturated heterocycles. The van der Waals surface area contributed by atoms with Crippen LogP contribution in [0.2, 0.25) is 0 Å². The minimum Gasteiger partial charge on any atom is -0.486 e. The molecule has 0 amide bonds. The first kappa shape index (κ1) is 15.4. The van der Waals surface area contributed by atoms with Crippen molar-refractivity contribution in [2.24, 2.45) is 4.99 Å². The average Bonchev–Trinajstić information content (AvgIpc) is 3.13. The highest BCUT2D eigenvalue weighted by molar-refractivity contribution is 5.86. The van der Waals surface area contributed by atoms with Crippen molar-refractivity contribution >= 4 is 5.84 Å². The molecular formula is C21H19N3O. The molecule has 2 atom stereocenters. The molecule has 4 nitrogen and oxygen atoms in total. The van der Waals surface area contributed by atoms with E-state index in [9.17, 15) is 0 Å². The topological polar surface area (TPSA) is 46.5 Å². The van der Waals surface area contributed by atoms with Gasteiger partial charge in [0.15, 0.2) is 0 Å². The van der Waals surface area contributed by atoms with Gasteiger partial charge < -0.3 is 10.1 Å². The van der Waals surface area contributed by atoms with Gasteiger partial charge in [-0.05, 0) is 29.3 Å². The number of nitrogens with zero attached hydrogens (tertiary/aromatic N) is 2. The Bertz CT molecular complexity index is 835. The number of aliphatic imine (C=N–C) groups is 1. The number of pyridine rings is 1. The van der Waals surface area contributed by atoms with Gasteiger partial charge in [-0.25, -0.2) is 0 Å². The van der Waals surface area contributed by atoms with Crippen LogP contribution in [0.5, 0.6) is 5.75 Å². The molecule has 4 rings (SSSR count). The molecule has 0 bridgehead atoms. The zero-order chi connectivity index (χ0) is 16.9. The largest absolute Gasteiger partial charge is 0.486 e. The number of ether oxygens (including phenoxy) is 1. The summed E-state index contributed by atoms with van der Waals surface area (Å²) in [7, 11) is 0. The normalized spacial score (nSPS) is 19.1. The lowest BCUT2D eigenvalue weighted by molar-refractivity contribution is 0.372. The van der Waals surface area contributed by atoms with E-state index in [2.05, 4.69) is 40.6 Å². The van der Waals surface area contributed by atoms with Crippen LogP contribution in [-0.4, -0.2) is 17.4 Å². The Hall–Kier alpha value is -3.14. The molecule has 2 aromatic carbocycles. The van der Waals surface area contributed by atoms with Crippen LogP contribution in [0.3, 0.4) is 0 Å². The second-order valence-corrected chi connectivity index (χ2v) is 5.94. The maximum atomic E-state index is 5.85. The molecule has 0 spiro atoms. The van der Waals surface area contributed by atoms with Crippen LogP contribution in [0.4, 0.5) is 0 Å². The quantitative estimate of drug-likeness (QED) is 0.771. The Morgan fingerprint density at radius 3 is 2.28 bits per heavy atom. The van der Waals surface area contributed by atoms with Crippen molar-refractivity contribution < 1.29 is 4.74 Å². The fraction of sp³-hybridized carbons (Fsp3) is 0.143. The standard InChI is InChI=1S/C21H19N3O/c1-3-8-16(9-4-1)20-21(17-10-7-13-22-14-17)24-19(23-20)15-25-18-11-5-2-6-12-18/h1-14,20-21H,15H2,(H,23,24). The van der Waals surface area contributed by atoms with E-state index in [1.54, 1.807) is 6.20 Å². The zero-order valence-corrected chi connectivity index (χ0v) is 13.7. The van der Waals surface area contributed by atoms with Crippen molar-refractivity contribution in [3.05, 3.63) is 96.3 Å². The van der Waals surface area contributed by atoms with Gasteiger partial charge in [-0.1, -0.05) is 54.6 Å². The lowest BCUT2D eigenvalue weighted by atomic mass is 9.96. The van der Waals surface area contributed by atoms with E-state index < -0.39 is 0 Å². The maximum absolute atomic E-state index is 5.85. The number of hydrogen-bond donors (Lipinski definition) is 1. The molecular weight excluding hydrogens is 310 g/mol.